The molecule has 88 valence electrons. The summed E-state index contributed by atoms with van der Waals surface area (Å²) in [6.45, 7) is 1.61. The summed E-state index contributed by atoms with van der Waals surface area (Å²) >= 11 is 11.2. The fraction of sp³-hybridized carbons (Fsp3) is 0.0909. The van der Waals surface area contributed by atoms with Crippen molar-refractivity contribution in [2.75, 3.05) is 0 Å². The van der Waals surface area contributed by atoms with Gasteiger partial charge in [-0.05, 0) is 6.07 Å². The summed E-state index contributed by atoms with van der Waals surface area (Å²) in [5, 5.41) is 4.28. The lowest BCUT2D eigenvalue weighted by molar-refractivity contribution is 0.224. The quantitative estimate of drug-likeness (QED) is 0.774. The van der Waals surface area contributed by atoms with E-state index in [9.17, 15) is 4.79 Å². The number of hydrogen-bond donors (Lipinski definition) is 0. The number of aromatic nitrogens is 1. The number of carbonyl (C=O) groups is 1. The van der Waals surface area contributed by atoms with Gasteiger partial charge in [-0.2, -0.15) is 0 Å². The van der Waals surface area contributed by atoms with E-state index in [0.717, 1.165) is 0 Å². The highest BCUT2D eigenvalue weighted by Crippen LogP contribution is 2.36. The average molecular weight is 272 g/mol. The maximum absolute atomic E-state index is 10.8. The van der Waals surface area contributed by atoms with Gasteiger partial charge in [-0.25, -0.2) is 4.79 Å². The fourth-order valence-electron chi connectivity index (χ4n) is 1.39. The van der Waals surface area contributed by atoms with Gasteiger partial charge in [0.1, 0.15) is 0 Å². The Morgan fingerprint density at radius 1 is 1.41 bits per heavy atom. The highest BCUT2D eigenvalue weighted by atomic mass is 35.5. The largest absolute Gasteiger partial charge is 0.409 e. The molecule has 1 aromatic heterocycles. The van der Waals surface area contributed by atoms with Crippen LogP contribution in [-0.2, 0) is 0 Å². The SMILES string of the molecule is Cc1onc(-c2ccccc2Cl)c1OC(=O)Cl. The molecule has 0 aliphatic rings. The molecule has 0 spiro atoms. The van der Waals surface area contributed by atoms with Gasteiger partial charge in [0.15, 0.2) is 11.5 Å². The number of rotatable bonds is 2. The van der Waals surface area contributed by atoms with Crippen molar-refractivity contribution >= 4 is 28.6 Å². The van der Waals surface area contributed by atoms with Crippen molar-refractivity contribution in [2.45, 2.75) is 6.92 Å². The minimum absolute atomic E-state index is 0.179. The van der Waals surface area contributed by atoms with Gasteiger partial charge in [-0.1, -0.05) is 35.0 Å². The van der Waals surface area contributed by atoms with Gasteiger partial charge in [-0.3, -0.25) is 0 Å². The van der Waals surface area contributed by atoms with Crippen molar-refractivity contribution in [2.24, 2.45) is 0 Å². The molecule has 4 nitrogen and oxygen atoms in total. The molecule has 0 unspecified atom stereocenters. The van der Waals surface area contributed by atoms with Crippen LogP contribution in [0.1, 0.15) is 5.76 Å². The van der Waals surface area contributed by atoms with E-state index in [1.807, 2.05) is 0 Å². The Morgan fingerprint density at radius 2 is 2.12 bits per heavy atom. The topological polar surface area (TPSA) is 52.3 Å². The number of nitrogens with zero attached hydrogens (tertiary/aromatic N) is 1. The van der Waals surface area contributed by atoms with E-state index in [0.29, 0.717) is 22.0 Å². The zero-order valence-corrected chi connectivity index (χ0v) is 10.2. The molecule has 17 heavy (non-hydrogen) atoms. The molecule has 0 radical (unpaired) electrons. The van der Waals surface area contributed by atoms with Crippen LogP contribution in [-0.4, -0.2) is 10.6 Å². The third kappa shape index (κ3) is 2.43. The molecule has 1 heterocycles. The predicted octanol–water partition coefficient (Wildman–Crippen LogP) is 4.04. The van der Waals surface area contributed by atoms with E-state index in [-0.39, 0.29) is 5.75 Å². The summed E-state index contributed by atoms with van der Waals surface area (Å²) in [6.07, 6.45) is 0. The number of ether oxygens (including phenoxy) is 1. The van der Waals surface area contributed by atoms with Gasteiger partial charge in [0, 0.05) is 24.1 Å². The zero-order valence-electron chi connectivity index (χ0n) is 8.74. The highest BCUT2D eigenvalue weighted by molar-refractivity contribution is 6.61. The Labute approximate surface area is 107 Å². The zero-order chi connectivity index (χ0) is 12.4. The lowest BCUT2D eigenvalue weighted by Crippen LogP contribution is -1.98. The van der Waals surface area contributed by atoms with Crippen molar-refractivity contribution in [3.8, 4) is 17.0 Å². The lowest BCUT2D eigenvalue weighted by atomic mass is 10.1. The molecule has 0 saturated carbocycles. The van der Waals surface area contributed by atoms with Gasteiger partial charge >= 0.3 is 5.43 Å². The summed E-state index contributed by atoms with van der Waals surface area (Å²) in [4.78, 5) is 10.8. The van der Waals surface area contributed by atoms with Gasteiger partial charge in [0.25, 0.3) is 0 Å². The average Bonchev–Trinajstić information content (AvgIpc) is 2.61. The second-order valence-electron chi connectivity index (χ2n) is 3.24. The molecule has 0 amide bonds. The summed E-state index contributed by atoms with van der Waals surface area (Å²) in [5.74, 6) is 0.534. The summed E-state index contributed by atoms with van der Waals surface area (Å²) < 4.78 is 9.80. The molecule has 0 atom stereocenters. The smallest absolute Gasteiger partial charge is 0.408 e. The van der Waals surface area contributed by atoms with E-state index in [4.69, 9.17) is 32.5 Å². The summed E-state index contributed by atoms with van der Waals surface area (Å²) in [5.41, 5.74) is 0.00522. The number of aryl methyl sites for hydroxylation is 1. The molecule has 0 aliphatic carbocycles. The van der Waals surface area contributed by atoms with Crippen LogP contribution in [0.4, 0.5) is 4.79 Å². The van der Waals surface area contributed by atoms with E-state index in [1.165, 1.54) is 0 Å². The van der Waals surface area contributed by atoms with Crippen LogP contribution in [0.25, 0.3) is 11.3 Å². The molecular weight excluding hydrogens is 265 g/mol. The third-order valence-electron chi connectivity index (χ3n) is 2.12. The number of carbonyl (C=O) groups excluding carboxylic acids is 1. The molecule has 6 heteroatoms. The molecule has 2 aromatic rings. The number of halogens is 2. The second-order valence-corrected chi connectivity index (χ2v) is 3.95. The van der Waals surface area contributed by atoms with Crippen LogP contribution < -0.4 is 4.74 Å². The number of benzene rings is 1. The Kier molecular flexibility index (Phi) is 3.36. The molecule has 0 N–H and O–H groups in total. The van der Waals surface area contributed by atoms with Crippen molar-refractivity contribution in [3.05, 3.63) is 35.0 Å². The first kappa shape index (κ1) is 12.0. The Bertz CT molecular complexity index is 566. The van der Waals surface area contributed by atoms with Gasteiger partial charge in [0.2, 0.25) is 5.75 Å². The van der Waals surface area contributed by atoms with Crippen molar-refractivity contribution in [3.63, 3.8) is 0 Å². The van der Waals surface area contributed by atoms with E-state index < -0.39 is 5.43 Å². The minimum atomic E-state index is -0.954. The molecule has 0 aliphatic heterocycles. The second kappa shape index (κ2) is 4.77. The van der Waals surface area contributed by atoms with Crippen LogP contribution >= 0.6 is 23.2 Å². The summed E-state index contributed by atoms with van der Waals surface area (Å²) in [7, 11) is 0. The first-order chi connectivity index (χ1) is 8.09. The highest BCUT2D eigenvalue weighted by Gasteiger charge is 2.20. The van der Waals surface area contributed by atoms with Crippen LogP contribution in [0.5, 0.6) is 5.75 Å². The fourth-order valence-corrected chi connectivity index (χ4v) is 1.69. The van der Waals surface area contributed by atoms with E-state index in [2.05, 4.69) is 5.16 Å². The van der Waals surface area contributed by atoms with Crippen molar-refractivity contribution in [1.29, 1.82) is 0 Å². The third-order valence-corrected chi connectivity index (χ3v) is 2.53. The van der Waals surface area contributed by atoms with Crippen LogP contribution in [0.3, 0.4) is 0 Å². The van der Waals surface area contributed by atoms with Crippen LogP contribution in [0.15, 0.2) is 28.8 Å². The molecule has 0 saturated heterocycles. The Morgan fingerprint density at radius 3 is 2.76 bits per heavy atom. The minimum Gasteiger partial charge on any atom is -0.408 e. The monoisotopic (exact) mass is 271 g/mol. The molecule has 0 fully saturated rings. The van der Waals surface area contributed by atoms with Gasteiger partial charge < -0.3 is 9.26 Å². The van der Waals surface area contributed by atoms with E-state index in [1.54, 1.807) is 31.2 Å². The first-order valence-electron chi connectivity index (χ1n) is 4.68. The standard InChI is InChI=1S/C11H7Cl2NO3/c1-6-10(16-11(13)15)9(14-17-6)7-4-2-3-5-8(7)12/h2-5H,1H3. The normalized spacial score (nSPS) is 10.3. The van der Waals surface area contributed by atoms with Crippen LogP contribution in [0.2, 0.25) is 5.02 Å². The Hall–Kier alpha value is -1.52. The lowest BCUT2D eigenvalue weighted by Gasteiger charge is -2.02. The Balaban J connectivity index is 2.53. The van der Waals surface area contributed by atoms with Gasteiger partial charge in [-0.15, -0.1) is 0 Å². The first-order valence-corrected chi connectivity index (χ1v) is 5.43. The maximum Gasteiger partial charge on any atom is 0.409 e. The molecule has 0 bridgehead atoms. The van der Waals surface area contributed by atoms with Crippen molar-refractivity contribution < 1.29 is 14.1 Å². The van der Waals surface area contributed by atoms with Crippen molar-refractivity contribution in [1.82, 2.24) is 5.16 Å². The van der Waals surface area contributed by atoms with Crippen LogP contribution in [0, 0.1) is 6.92 Å². The summed E-state index contributed by atoms with van der Waals surface area (Å²) in [6, 6.07) is 7.02. The molecular formula is C11H7Cl2NO3. The molecule has 2 rings (SSSR count). The molecule has 1 aromatic carbocycles. The van der Waals surface area contributed by atoms with E-state index >= 15 is 0 Å². The number of hydrogen-bond acceptors (Lipinski definition) is 4. The predicted molar refractivity (Wildman–Crippen MR) is 63.6 cm³/mol. The maximum atomic E-state index is 10.8. The van der Waals surface area contributed by atoms with Gasteiger partial charge in [0.05, 0.1) is 5.02 Å².